The van der Waals surface area contributed by atoms with E-state index < -0.39 is 29.1 Å². The minimum absolute atomic E-state index is 0.0940. The standard InChI is InChI=1S/C71H45N2O.C6H2Cl4O2.Sb/c1-43-32-48-38-49(33-43)73(47-29-31-61-59-21-9-15-27-67(59)71(69(61)42-47)64-24-12-6-18-56(64)57-19-7-13-25-65(57)71)51-35-45(3)37-53(40-51)74-52-36-44(2)34-50(39-52)72(48)46-28-30-60-58-20-8-14-26-66(58)70(68(60)41-46)62-22-10-4-16-54(62)55-17-5-11-23-63(55)70;7-1-2(8)4(10)6(12)5(11)3(1)9;/h4-37,41-42H,1-3H3;11-12H;/q;;+2/p-2. The average Bonchev–Trinajstić information content (AvgIpc) is 1.62. The summed E-state index contributed by atoms with van der Waals surface area (Å²) >= 11 is 22.8. The van der Waals surface area contributed by atoms with Crippen LogP contribution in [0, 0.1) is 20.8 Å². The fourth-order valence-corrected chi connectivity index (χ4v) is 34.7. The molecule has 3 spiro atoms. The molecule has 0 aromatic heterocycles. The Bertz CT molecular complexity index is 4880. The second-order valence-electron chi connectivity index (χ2n) is 24.5. The first kappa shape index (κ1) is 49.7. The predicted octanol–water partition coefficient (Wildman–Crippen LogP) is 19.5. The van der Waals surface area contributed by atoms with Crippen LogP contribution in [0.3, 0.4) is 0 Å². The van der Waals surface area contributed by atoms with Crippen molar-refractivity contribution >= 4 is 109 Å². The van der Waals surface area contributed by atoms with Gasteiger partial charge in [-0.25, -0.2) is 0 Å². The summed E-state index contributed by atoms with van der Waals surface area (Å²) in [6, 6.07) is 81.4. The molecule has 10 heteroatoms. The van der Waals surface area contributed by atoms with Gasteiger partial charge in [0.2, 0.25) is 0 Å². The van der Waals surface area contributed by atoms with Gasteiger partial charge < -0.3 is 0 Å². The van der Waals surface area contributed by atoms with Crippen LogP contribution in [0.1, 0.15) is 61.2 Å². The van der Waals surface area contributed by atoms with Crippen LogP contribution >= 0.6 is 46.4 Å². The van der Waals surface area contributed by atoms with Crippen molar-refractivity contribution < 1.29 is 10.8 Å². The third-order valence-electron chi connectivity index (χ3n) is 20.2. The molecule has 87 heavy (non-hydrogen) atoms. The topological polar surface area (TPSA) is 34.2 Å². The molecule has 8 aliphatic rings. The van der Waals surface area contributed by atoms with Crippen LogP contribution in [0.25, 0.3) is 44.5 Å². The molecule has 4 aliphatic carbocycles. The van der Waals surface area contributed by atoms with E-state index >= 15 is 0 Å². The summed E-state index contributed by atoms with van der Waals surface area (Å²) in [5, 5.41) is 0.456. The molecule has 0 radical (unpaired) electrons. The molecule has 4 heterocycles. The van der Waals surface area contributed by atoms with E-state index in [0.717, 1.165) is 61.3 Å². The van der Waals surface area contributed by atoms with E-state index in [0.29, 0.717) is 11.5 Å². The predicted molar refractivity (Wildman–Crippen MR) is 355 cm³/mol. The van der Waals surface area contributed by atoms with Crippen molar-refractivity contribution in [3.05, 3.63) is 300 Å². The molecule has 0 bridgehead atoms. The maximum absolute atomic E-state index is 8.27. The fraction of sp³-hybridized carbons (Fsp3) is 0.0649. The van der Waals surface area contributed by atoms with Crippen LogP contribution in [0.2, 0.25) is 20.1 Å². The van der Waals surface area contributed by atoms with Crippen LogP contribution in [0.5, 0.6) is 23.0 Å². The van der Waals surface area contributed by atoms with Gasteiger partial charge in [-0.05, 0) is 0 Å². The van der Waals surface area contributed by atoms with Crippen molar-refractivity contribution in [2.24, 2.45) is 0 Å². The number of nitrogens with zero attached hydrogens (tertiary/aromatic N) is 2. The first-order chi connectivity index (χ1) is 42.5. The van der Waals surface area contributed by atoms with Gasteiger partial charge in [0.05, 0.1) is 0 Å². The second-order valence-corrected chi connectivity index (χ2v) is 36.3. The summed E-state index contributed by atoms with van der Waals surface area (Å²) in [7, 11) is 0. The van der Waals surface area contributed by atoms with Gasteiger partial charge in [0, 0.05) is 0 Å². The summed E-state index contributed by atoms with van der Waals surface area (Å²) in [5.74, 6) is 1.81. The summed E-state index contributed by atoms with van der Waals surface area (Å²) in [5.41, 5.74) is 27.2. The molecular formula is C77H45Cl4N2O3Sb. The van der Waals surface area contributed by atoms with Crippen molar-refractivity contribution in [1.82, 2.24) is 0 Å². The SMILES string of the molecule is Cc1cc2[c]3c(c1)N(c1ccc4c(c1)C1(c5ccccc5-c5ccccc51)c1ccccc1-4)c1cc(C)cc4[c]1[Sb]31([O]c3c(Cl)c(Cl)c(Cl)c(Cl)c3[O]1)[c]1c(cc(C)cc1N4c1ccc3c(c1)C1(c4ccccc4-c4ccccc41)c1ccccc1-3)O2. The Hall–Kier alpha value is -8.38. The molecule has 0 amide bonds. The zero-order chi connectivity index (χ0) is 58.0. The third-order valence-corrected chi connectivity index (χ3v) is 35.8. The first-order valence-electron chi connectivity index (χ1n) is 29.4. The van der Waals surface area contributed by atoms with Crippen molar-refractivity contribution in [2.75, 3.05) is 9.80 Å². The number of benzene rings is 12. The number of anilines is 6. The fourth-order valence-electron chi connectivity index (χ4n) is 17.4. The Kier molecular flexibility index (Phi) is 9.38. The minimum atomic E-state index is -6.43. The summed E-state index contributed by atoms with van der Waals surface area (Å²) in [6.07, 6.45) is 0. The maximum atomic E-state index is 8.27. The Morgan fingerprint density at radius 3 is 0.931 bits per heavy atom. The zero-order valence-electron chi connectivity index (χ0n) is 46.9. The van der Waals surface area contributed by atoms with Crippen LogP contribution in [0.4, 0.5) is 34.1 Å². The van der Waals surface area contributed by atoms with Gasteiger partial charge in [0.1, 0.15) is 0 Å². The van der Waals surface area contributed by atoms with Gasteiger partial charge in [0.25, 0.3) is 0 Å². The number of hydrogen-bond donors (Lipinski definition) is 0. The van der Waals surface area contributed by atoms with Crippen LogP contribution < -0.4 is 31.1 Å². The van der Waals surface area contributed by atoms with E-state index in [2.05, 4.69) is 249 Å². The average molecular weight is 1310 g/mol. The molecule has 0 N–H and O–H groups in total. The Balaban J connectivity index is 0.915. The number of ether oxygens (including phenoxy) is 1. The van der Waals surface area contributed by atoms with Gasteiger partial charge in [-0.3, -0.25) is 0 Å². The van der Waals surface area contributed by atoms with Gasteiger partial charge in [-0.15, -0.1) is 0 Å². The summed E-state index contributed by atoms with van der Waals surface area (Å²) < 4.78 is 26.7. The Morgan fingerprint density at radius 2 is 0.598 bits per heavy atom. The molecular weight excluding hydrogens is 1260 g/mol. The molecule has 0 atom stereocenters. The van der Waals surface area contributed by atoms with Gasteiger partial charge in [0.15, 0.2) is 0 Å². The second kappa shape index (κ2) is 16.4. The molecule has 0 saturated heterocycles. The van der Waals surface area contributed by atoms with Gasteiger partial charge >= 0.3 is 529 Å². The van der Waals surface area contributed by atoms with E-state index in [-0.39, 0.29) is 31.6 Å². The van der Waals surface area contributed by atoms with Crippen LogP contribution in [-0.4, -0.2) is 18.2 Å². The number of fused-ring (bicyclic) bond motifs is 21. The molecule has 0 fully saturated rings. The molecule has 0 unspecified atom stereocenters. The number of rotatable bonds is 2. The van der Waals surface area contributed by atoms with E-state index in [1.54, 1.807) is 0 Å². The number of halogens is 4. The van der Waals surface area contributed by atoms with Gasteiger partial charge in [-0.2, -0.15) is 0 Å². The van der Waals surface area contributed by atoms with Crippen molar-refractivity contribution in [1.29, 1.82) is 0 Å². The molecule has 12 aromatic rings. The van der Waals surface area contributed by atoms with E-state index in [9.17, 15) is 0 Å². The monoisotopic (exact) mass is 1310 g/mol. The van der Waals surface area contributed by atoms with Crippen molar-refractivity contribution in [3.8, 4) is 67.5 Å². The molecule has 414 valence electrons. The van der Waals surface area contributed by atoms with E-state index in [1.807, 2.05) is 0 Å². The van der Waals surface area contributed by atoms with E-state index in [4.69, 9.17) is 57.2 Å². The zero-order valence-corrected chi connectivity index (χ0v) is 52.4. The molecule has 0 saturated carbocycles. The molecule has 12 aromatic carbocycles. The van der Waals surface area contributed by atoms with Crippen molar-refractivity contribution in [2.45, 2.75) is 31.6 Å². The molecule has 5 nitrogen and oxygen atoms in total. The Morgan fingerprint density at radius 1 is 0.310 bits per heavy atom. The normalized spacial score (nSPS) is 16.9. The third kappa shape index (κ3) is 5.52. The van der Waals surface area contributed by atoms with Crippen LogP contribution in [-0.2, 0) is 10.8 Å². The number of aryl methyl sites for hydroxylation is 3. The van der Waals surface area contributed by atoms with E-state index in [1.165, 1.54) is 89.0 Å². The van der Waals surface area contributed by atoms with Gasteiger partial charge in [-0.1, -0.05) is 0 Å². The Labute approximate surface area is 524 Å². The quantitative estimate of drug-likeness (QED) is 0.0979. The number of hydrogen-bond acceptors (Lipinski definition) is 5. The summed E-state index contributed by atoms with van der Waals surface area (Å²) in [6.45, 7) is 6.46. The van der Waals surface area contributed by atoms with Crippen LogP contribution in [0.15, 0.2) is 218 Å². The molecule has 20 rings (SSSR count). The summed E-state index contributed by atoms with van der Waals surface area (Å²) in [4.78, 5) is 4.91. The molecule has 4 aliphatic heterocycles. The first-order valence-corrected chi connectivity index (χ1v) is 36.8. The van der Waals surface area contributed by atoms with Crippen molar-refractivity contribution in [3.63, 3.8) is 0 Å².